The number of aromatic nitrogens is 1. The minimum atomic E-state index is 0.879. The van der Waals surface area contributed by atoms with Crippen molar-refractivity contribution in [2.75, 3.05) is 4.90 Å². The molecular formula is C44H32N2O. The van der Waals surface area contributed by atoms with Gasteiger partial charge in [-0.1, -0.05) is 103 Å². The first-order chi connectivity index (χ1) is 23.1. The Morgan fingerprint density at radius 3 is 1.85 bits per heavy atom. The Balaban J connectivity index is 1.21. The standard InChI is InChI=1S/C44H32N2O/c1-29-19-25-35-36-26-20-30(2)28-42(36)46(41(35)27-29)39-16-8-6-13-34(39)31-21-23-33(24-22-31)45(32-11-4-3-5-12-32)40-17-10-15-38-37-14-7-9-18-43(37)47-44(38)40/h3-28H,1-2H3. The van der Waals surface area contributed by atoms with Crippen molar-refractivity contribution in [2.45, 2.75) is 13.8 Å². The molecule has 3 heteroatoms. The molecule has 0 aliphatic carbocycles. The predicted molar refractivity (Wildman–Crippen MR) is 198 cm³/mol. The summed E-state index contributed by atoms with van der Waals surface area (Å²) in [4.78, 5) is 2.29. The van der Waals surface area contributed by atoms with Crippen LogP contribution in [0.4, 0.5) is 17.1 Å². The fourth-order valence-corrected chi connectivity index (χ4v) is 7.11. The number of anilines is 3. The van der Waals surface area contributed by atoms with E-state index < -0.39 is 0 Å². The third-order valence-corrected chi connectivity index (χ3v) is 9.30. The van der Waals surface area contributed by atoms with Crippen molar-refractivity contribution in [3.05, 3.63) is 169 Å². The maximum absolute atomic E-state index is 6.50. The number of para-hydroxylation sites is 4. The van der Waals surface area contributed by atoms with Gasteiger partial charge in [0.2, 0.25) is 0 Å². The lowest BCUT2D eigenvalue weighted by Crippen LogP contribution is -2.10. The molecule has 0 amide bonds. The van der Waals surface area contributed by atoms with Gasteiger partial charge in [0.25, 0.3) is 0 Å². The van der Waals surface area contributed by atoms with Crippen LogP contribution >= 0.6 is 0 Å². The van der Waals surface area contributed by atoms with Gasteiger partial charge in [-0.15, -0.1) is 0 Å². The molecule has 9 rings (SSSR count). The fourth-order valence-electron chi connectivity index (χ4n) is 7.11. The van der Waals surface area contributed by atoms with Crippen molar-refractivity contribution in [3.8, 4) is 16.8 Å². The van der Waals surface area contributed by atoms with E-state index in [9.17, 15) is 0 Å². The summed E-state index contributed by atoms with van der Waals surface area (Å²) in [6.45, 7) is 4.34. The highest BCUT2D eigenvalue weighted by molar-refractivity contribution is 6.11. The number of hydrogen-bond donors (Lipinski definition) is 0. The summed E-state index contributed by atoms with van der Waals surface area (Å²) in [7, 11) is 0. The first-order valence-electron chi connectivity index (χ1n) is 16.1. The van der Waals surface area contributed by atoms with Crippen LogP contribution in [-0.4, -0.2) is 4.57 Å². The van der Waals surface area contributed by atoms with E-state index in [1.807, 2.05) is 12.1 Å². The van der Waals surface area contributed by atoms with E-state index in [0.717, 1.165) is 44.6 Å². The lowest BCUT2D eigenvalue weighted by molar-refractivity contribution is 0.669. The molecule has 3 nitrogen and oxygen atoms in total. The van der Waals surface area contributed by atoms with Crippen LogP contribution in [0, 0.1) is 13.8 Å². The van der Waals surface area contributed by atoms with E-state index in [1.54, 1.807) is 0 Å². The molecule has 0 N–H and O–H groups in total. The molecule has 0 radical (unpaired) electrons. The number of furan rings is 1. The van der Waals surface area contributed by atoms with Crippen LogP contribution in [0.5, 0.6) is 0 Å². The summed E-state index contributed by atoms with van der Waals surface area (Å²) in [6, 6.07) is 56.4. The lowest BCUT2D eigenvalue weighted by Gasteiger charge is -2.25. The van der Waals surface area contributed by atoms with Gasteiger partial charge in [-0.25, -0.2) is 0 Å². The molecule has 47 heavy (non-hydrogen) atoms. The van der Waals surface area contributed by atoms with Crippen molar-refractivity contribution in [3.63, 3.8) is 0 Å². The second kappa shape index (κ2) is 10.8. The van der Waals surface area contributed by atoms with Crippen LogP contribution in [0.15, 0.2) is 162 Å². The van der Waals surface area contributed by atoms with Crippen molar-refractivity contribution in [1.82, 2.24) is 4.57 Å². The van der Waals surface area contributed by atoms with Gasteiger partial charge in [-0.05, 0) is 85.1 Å². The van der Waals surface area contributed by atoms with E-state index in [0.29, 0.717) is 0 Å². The topological polar surface area (TPSA) is 21.3 Å². The number of hydrogen-bond acceptors (Lipinski definition) is 2. The maximum Gasteiger partial charge on any atom is 0.159 e. The number of nitrogens with zero attached hydrogens (tertiary/aromatic N) is 2. The van der Waals surface area contributed by atoms with Gasteiger partial charge >= 0.3 is 0 Å². The molecular weight excluding hydrogens is 572 g/mol. The Labute approximate surface area is 273 Å². The predicted octanol–water partition coefficient (Wildman–Crippen LogP) is 12.4. The van der Waals surface area contributed by atoms with Gasteiger partial charge in [-0.3, -0.25) is 0 Å². The molecule has 0 spiro atoms. The lowest BCUT2D eigenvalue weighted by atomic mass is 10.0. The largest absolute Gasteiger partial charge is 0.454 e. The molecule has 0 unspecified atom stereocenters. The zero-order valence-electron chi connectivity index (χ0n) is 26.3. The van der Waals surface area contributed by atoms with Crippen LogP contribution in [0.3, 0.4) is 0 Å². The molecule has 0 aliphatic rings. The van der Waals surface area contributed by atoms with Crippen LogP contribution in [0.2, 0.25) is 0 Å². The normalized spacial score (nSPS) is 11.6. The van der Waals surface area contributed by atoms with Gasteiger partial charge in [0.1, 0.15) is 5.58 Å². The monoisotopic (exact) mass is 604 g/mol. The quantitative estimate of drug-likeness (QED) is 0.195. The summed E-state index contributed by atoms with van der Waals surface area (Å²) < 4.78 is 8.94. The number of benzene rings is 7. The Hall–Kier alpha value is -6.06. The second-order valence-corrected chi connectivity index (χ2v) is 12.4. The van der Waals surface area contributed by atoms with Gasteiger partial charge in [0, 0.05) is 38.5 Å². The maximum atomic E-state index is 6.50. The average molecular weight is 605 g/mol. The van der Waals surface area contributed by atoms with Crippen LogP contribution in [0.25, 0.3) is 60.6 Å². The average Bonchev–Trinajstić information content (AvgIpc) is 3.64. The third-order valence-electron chi connectivity index (χ3n) is 9.30. The van der Waals surface area contributed by atoms with Gasteiger partial charge < -0.3 is 13.9 Å². The molecule has 2 heterocycles. The van der Waals surface area contributed by atoms with Gasteiger partial charge in [0.05, 0.1) is 22.4 Å². The minimum absolute atomic E-state index is 0.879. The summed E-state index contributed by atoms with van der Waals surface area (Å²) >= 11 is 0. The Kier molecular flexibility index (Phi) is 6.26. The van der Waals surface area contributed by atoms with Crippen molar-refractivity contribution < 1.29 is 4.42 Å². The summed E-state index contributed by atoms with van der Waals surface area (Å²) in [5, 5.41) is 4.78. The van der Waals surface area contributed by atoms with E-state index in [2.05, 4.69) is 169 Å². The molecule has 0 aliphatic heterocycles. The molecule has 0 saturated carbocycles. The van der Waals surface area contributed by atoms with Crippen LogP contribution in [0.1, 0.15) is 11.1 Å². The summed E-state index contributed by atoms with van der Waals surface area (Å²) in [6.07, 6.45) is 0. The van der Waals surface area contributed by atoms with E-state index in [1.165, 1.54) is 44.2 Å². The van der Waals surface area contributed by atoms with E-state index in [-0.39, 0.29) is 0 Å². The SMILES string of the molecule is Cc1ccc2c3ccc(C)cc3n(-c3ccccc3-c3ccc(N(c4ccccc4)c4cccc5c4oc4ccccc45)cc3)c2c1. The third kappa shape index (κ3) is 4.43. The van der Waals surface area contributed by atoms with E-state index in [4.69, 9.17) is 4.42 Å². The first kappa shape index (κ1) is 27.3. The van der Waals surface area contributed by atoms with Crippen LogP contribution in [-0.2, 0) is 0 Å². The van der Waals surface area contributed by atoms with Gasteiger partial charge in [0.15, 0.2) is 5.58 Å². The van der Waals surface area contributed by atoms with Crippen molar-refractivity contribution >= 4 is 60.8 Å². The molecule has 2 aromatic heterocycles. The summed E-state index contributed by atoms with van der Waals surface area (Å²) in [5.74, 6) is 0. The van der Waals surface area contributed by atoms with Gasteiger partial charge in [-0.2, -0.15) is 0 Å². The second-order valence-electron chi connectivity index (χ2n) is 12.4. The Morgan fingerprint density at radius 1 is 0.489 bits per heavy atom. The number of fused-ring (bicyclic) bond motifs is 6. The highest BCUT2D eigenvalue weighted by atomic mass is 16.3. The van der Waals surface area contributed by atoms with E-state index >= 15 is 0 Å². The minimum Gasteiger partial charge on any atom is -0.454 e. The Bertz CT molecular complexity index is 2530. The van der Waals surface area contributed by atoms with Crippen LogP contribution < -0.4 is 4.90 Å². The Morgan fingerprint density at radius 2 is 1.11 bits per heavy atom. The molecule has 7 aromatic carbocycles. The highest BCUT2D eigenvalue weighted by Crippen LogP contribution is 2.43. The zero-order chi connectivity index (χ0) is 31.5. The number of aryl methyl sites for hydroxylation is 2. The zero-order valence-corrected chi connectivity index (χ0v) is 26.3. The number of rotatable bonds is 5. The molecule has 0 bridgehead atoms. The molecule has 9 aromatic rings. The van der Waals surface area contributed by atoms with Crippen molar-refractivity contribution in [1.29, 1.82) is 0 Å². The summed E-state index contributed by atoms with van der Waals surface area (Å²) in [5.41, 5.74) is 13.4. The molecule has 224 valence electrons. The van der Waals surface area contributed by atoms with Crippen molar-refractivity contribution in [2.24, 2.45) is 0 Å². The molecule has 0 fully saturated rings. The smallest absolute Gasteiger partial charge is 0.159 e. The molecule has 0 atom stereocenters. The molecule has 0 saturated heterocycles. The first-order valence-corrected chi connectivity index (χ1v) is 16.1. The fraction of sp³-hybridized carbons (Fsp3) is 0.0455. The highest BCUT2D eigenvalue weighted by Gasteiger charge is 2.20.